The van der Waals surface area contributed by atoms with E-state index in [9.17, 15) is 14.7 Å². The molecule has 1 saturated heterocycles. The summed E-state index contributed by atoms with van der Waals surface area (Å²) in [4.78, 5) is 28.6. The molecule has 6 nitrogen and oxygen atoms in total. The molecule has 0 bridgehead atoms. The van der Waals surface area contributed by atoms with E-state index >= 15 is 0 Å². The SMILES string of the molecule is O=C(O)c1ccc2c(c1)C(SCCN1CCN(C(=O)C=Cc3ccccc3)CC1)c1ccccc1CO2. The van der Waals surface area contributed by atoms with Crippen molar-refractivity contribution >= 4 is 29.7 Å². The van der Waals surface area contributed by atoms with Crippen LogP contribution in [0, 0.1) is 0 Å². The Morgan fingerprint density at radius 1 is 0.946 bits per heavy atom. The maximum Gasteiger partial charge on any atom is 0.335 e. The second-order valence-corrected chi connectivity index (χ2v) is 10.4. The van der Waals surface area contributed by atoms with Crippen molar-refractivity contribution in [3.05, 3.63) is 107 Å². The molecule has 7 heteroatoms. The zero-order chi connectivity index (χ0) is 25.6. The fourth-order valence-electron chi connectivity index (χ4n) is 4.77. The molecule has 2 heterocycles. The van der Waals surface area contributed by atoms with Crippen molar-refractivity contribution in [3.8, 4) is 5.75 Å². The first-order chi connectivity index (χ1) is 18.1. The van der Waals surface area contributed by atoms with Gasteiger partial charge in [0.2, 0.25) is 5.91 Å². The molecule has 37 heavy (non-hydrogen) atoms. The Labute approximate surface area is 221 Å². The summed E-state index contributed by atoms with van der Waals surface area (Å²) in [6.07, 6.45) is 3.53. The van der Waals surface area contributed by atoms with Crippen LogP contribution in [0.1, 0.15) is 37.9 Å². The molecule has 3 aromatic rings. The highest BCUT2D eigenvalue weighted by molar-refractivity contribution is 7.99. The summed E-state index contributed by atoms with van der Waals surface area (Å²) < 4.78 is 6.06. The molecule has 0 aromatic heterocycles. The van der Waals surface area contributed by atoms with Crippen molar-refractivity contribution in [2.24, 2.45) is 0 Å². The summed E-state index contributed by atoms with van der Waals surface area (Å²) in [7, 11) is 0. The lowest BCUT2D eigenvalue weighted by Gasteiger charge is -2.34. The topological polar surface area (TPSA) is 70.1 Å². The van der Waals surface area contributed by atoms with E-state index in [1.807, 2.05) is 65.2 Å². The molecule has 2 aliphatic rings. The van der Waals surface area contributed by atoms with Crippen LogP contribution < -0.4 is 4.74 Å². The van der Waals surface area contributed by atoms with Gasteiger partial charge in [-0.25, -0.2) is 4.79 Å². The number of hydrogen-bond donors (Lipinski definition) is 1. The Hall–Kier alpha value is -3.55. The predicted molar refractivity (Wildman–Crippen MR) is 147 cm³/mol. The van der Waals surface area contributed by atoms with Gasteiger partial charge in [-0.15, -0.1) is 11.8 Å². The lowest BCUT2D eigenvalue weighted by Crippen LogP contribution is -2.48. The third-order valence-electron chi connectivity index (χ3n) is 6.85. The molecular formula is C30H30N2O4S. The van der Waals surface area contributed by atoms with Crippen molar-refractivity contribution in [2.75, 3.05) is 38.5 Å². The summed E-state index contributed by atoms with van der Waals surface area (Å²) in [5.74, 6) is 0.751. The number of piperazine rings is 1. The van der Waals surface area contributed by atoms with Gasteiger partial charge >= 0.3 is 5.97 Å². The molecule has 1 atom stereocenters. The number of carboxylic acids is 1. The van der Waals surface area contributed by atoms with Crippen LogP contribution in [0.4, 0.5) is 0 Å². The van der Waals surface area contributed by atoms with Crippen molar-refractivity contribution in [1.29, 1.82) is 0 Å². The van der Waals surface area contributed by atoms with E-state index in [2.05, 4.69) is 17.0 Å². The number of carbonyl (C=O) groups excluding carboxylic acids is 1. The fraction of sp³-hybridized carbons (Fsp3) is 0.267. The molecule has 1 amide bonds. The molecule has 1 unspecified atom stereocenters. The smallest absolute Gasteiger partial charge is 0.335 e. The predicted octanol–water partition coefficient (Wildman–Crippen LogP) is 4.96. The van der Waals surface area contributed by atoms with Gasteiger partial charge in [-0.1, -0.05) is 54.6 Å². The summed E-state index contributed by atoms with van der Waals surface area (Å²) in [5.41, 5.74) is 4.51. The molecule has 0 spiro atoms. The van der Waals surface area contributed by atoms with Gasteiger partial charge in [-0.05, 0) is 41.0 Å². The average Bonchev–Trinajstić information content (AvgIpc) is 3.09. The lowest BCUT2D eigenvalue weighted by atomic mass is 9.98. The second-order valence-electron chi connectivity index (χ2n) is 9.21. The highest BCUT2D eigenvalue weighted by Gasteiger charge is 2.27. The Balaban J connectivity index is 1.20. The van der Waals surface area contributed by atoms with E-state index in [0.717, 1.165) is 47.8 Å². The summed E-state index contributed by atoms with van der Waals surface area (Å²) in [5, 5.41) is 9.55. The first kappa shape index (κ1) is 25.1. The highest BCUT2D eigenvalue weighted by Crippen LogP contribution is 2.44. The molecule has 5 rings (SSSR count). The molecule has 3 aromatic carbocycles. The number of amides is 1. The van der Waals surface area contributed by atoms with Gasteiger partial charge in [0.05, 0.1) is 10.8 Å². The largest absolute Gasteiger partial charge is 0.489 e. The van der Waals surface area contributed by atoms with Gasteiger partial charge in [0.1, 0.15) is 12.4 Å². The van der Waals surface area contributed by atoms with Crippen LogP contribution in [-0.4, -0.2) is 65.3 Å². The molecule has 0 aliphatic carbocycles. The Bertz CT molecular complexity index is 1290. The third kappa shape index (κ3) is 6.06. The zero-order valence-electron chi connectivity index (χ0n) is 20.6. The molecule has 0 saturated carbocycles. The number of benzene rings is 3. The quantitative estimate of drug-likeness (QED) is 0.450. The first-order valence-electron chi connectivity index (χ1n) is 12.5. The zero-order valence-corrected chi connectivity index (χ0v) is 21.4. The number of ether oxygens (including phenoxy) is 1. The van der Waals surface area contributed by atoms with Gasteiger partial charge < -0.3 is 14.7 Å². The molecule has 0 radical (unpaired) electrons. The monoisotopic (exact) mass is 514 g/mol. The van der Waals surface area contributed by atoms with Crippen LogP contribution in [0.15, 0.2) is 78.9 Å². The number of rotatable bonds is 7. The fourth-order valence-corrected chi connectivity index (χ4v) is 6.14. The number of hydrogen-bond acceptors (Lipinski definition) is 5. The number of carbonyl (C=O) groups is 2. The maximum absolute atomic E-state index is 12.6. The number of aromatic carboxylic acids is 1. The van der Waals surface area contributed by atoms with E-state index in [-0.39, 0.29) is 16.7 Å². The molecule has 2 aliphatic heterocycles. The van der Waals surface area contributed by atoms with Gasteiger partial charge in [0.25, 0.3) is 0 Å². The molecule has 1 fully saturated rings. The number of nitrogens with zero attached hydrogens (tertiary/aromatic N) is 2. The van der Waals surface area contributed by atoms with Gasteiger partial charge in [-0.2, -0.15) is 0 Å². The summed E-state index contributed by atoms with van der Waals surface area (Å²) in [6, 6.07) is 23.2. The Morgan fingerprint density at radius 2 is 1.70 bits per heavy atom. The normalized spacial score (nSPS) is 17.5. The van der Waals surface area contributed by atoms with E-state index in [0.29, 0.717) is 19.7 Å². The minimum atomic E-state index is -0.935. The van der Waals surface area contributed by atoms with Crippen LogP contribution in [0.25, 0.3) is 6.08 Å². The van der Waals surface area contributed by atoms with E-state index in [1.165, 1.54) is 5.56 Å². The molecule has 190 valence electrons. The number of thioether (sulfide) groups is 1. The molecule has 1 N–H and O–H groups in total. The summed E-state index contributed by atoms with van der Waals surface area (Å²) >= 11 is 1.82. The minimum absolute atomic E-state index is 0.000935. The highest BCUT2D eigenvalue weighted by atomic mass is 32.2. The Kier molecular flexibility index (Phi) is 7.92. The van der Waals surface area contributed by atoms with E-state index < -0.39 is 5.97 Å². The van der Waals surface area contributed by atoms with Crippen molar-refractivity contribution in [1.82, 2.24) is 9.80 Å². The number of carboxylic acid groups (broad SMARTS) is 1. The minimum Gasteiger partial charge on any atom is -0.489 e. The van der Waals surface area contributed by atoms with Gasteiger partial charge in [0, 0.05) is 50.1 Å². The summed E-state index contributed by atoms with van der Waals surface area (Å²) in [6.45, 7) is 4.49. The van der Waals surface area contributed by atoms with E-state index in [4.69, 9.17) is 4.74 Å². The second kappa shape index (κ2) is 11.7. The third-order valence-corrected chi connectivity index (χ3v) is 8.11. The van der Waals surface area contributed by atoms with Gasteiger partial charge in [0.15, 0.2) is 0 Å². The van der Waals surface area contributed by atoms with Crippen LogP contribution in [0.5, 0.6) is 5.75 Å². The lowest BCUT2D eigenvalue weighted by molar-refractivity contribution is -0.127. The van der Waals surface area contributed by atoms with Crippen molar-refractivity contribution in [3.63, 3.8) is 0 Å². The average molecular weight is 515 g/mol. The van der Waals surface area contributed by atoms with Gasteiger partial charge in [-0.3, -0.25) is 9.69 Å². The first-order valence-corrected chi connectivity index (χ1v) is 13.6. The van der Waals surface area contributed by atoms with Crippen molar-refractivity contribution in [2.45, 2.75) is 11.9 Å². The standard InChI is InChI=1S/C30H30N2O4S/c33-28(13-10-22-6-2-1-3-7-22)32-16-14-31(15-17-32)18-19-37-29-25-9-5-4-8-24(25)21-36-27-12-11-23(30(34)35)20-26(27)29/h1-13,20,29H,14-19,21H2,(H,34,35). The van der Waals surface area contributed by atoms with Crippen LogP contribution >= 0.6 is 11.8 Å². The maximum atomic E-state index is 12.6. The Morgan fingerprint density at radius 3 is 2.49 bits per heavy atom. The number of fused-ring (bicyclic) bond motifs is 2. The van der Waals surface area contributed by atoms with Crippen molar-refractivity contribution < 1.29 is 19.4 Å². The van der Waals surface area contributed by atoms with Crippen LogP contribution in [-0.2, 0) is 11.4 Å². The van der Waals surface area contributed by atoms with Crippen LogP contribution in [0.2, 0.25) is 0 Å². The van der Waals surface area contributed by atoms with Crippen LogP contribution in [0.3, 0.4) is 0 Å². The van der Waals surface area contributed by atoms with E-state index in [1.54, 1.807) is 24.3 Å². The molecular weight excluding hydrogens is 484 g/mol.